The van der Waals surface area contributed by atoms with E-state index in [0.717, 1.165) is 31.2 Å². The Morgan fingerprint density at radius 3 is 2.12 bits per heavy atom. The number of nitrogens with one attached hydrogen (secondary N) is 2. The van der Waals surface area contributed by atoms with E-state index in [0.29, 0.717) is 5.56 Å². The monoisotopic (exact) mass is 350 g/mol. The lowest BCUT2D eigenvalue weighted by molar-refractivity contribution is -0.141. The summed E-state index contributed by atoms with van der Waals surface area (Å²) in [5.74, 6) is -2.46. The van der Waals surface area contributed by atoms with Crippen molar-refractivity contribution in [2.24, 2.45) is 11.8 Å². The Labute approximate surface area is 144 Å². The van der Waals surface area contributed by atoms with Gasteiger partial charge in [-0.3, -0.25) is 29.8 Å². The van der Waals surface area contributed by atoms with E-state index in [-0.39, 0.29) is 23.2 Å². The van der Waals surface area contributed by atoms with E-state index >= 15 is 0 Å². The van der Waals surface area contributed by atoms with Gasteiger partial charge in [-0.1, -0.05) is 30.5 Å². The number of benzene rings is 1. The molecular weight excluding hydrogens is 328 g/mol. The lowest BCUT2D eigenvalue weighted by Gasteiger charge is -2.20. The summed E-state index contributed by atoms with van der Waals surface area (Å²) < 4.78 is 0. The van der Waals surface area contributed by atoms with Crippen molar-refractivity contribution in [2.45, 2.75) is 32.6 Å². The molecule has 0 spiro atoms. The molecule has 1 aromatic carbocycles. The van der Waals surface area contributed by atoms with Gasteiger partial charge in [0.1, 0.15) is 0 Å². The van der Waals surface area contributed by atoms with Crippen LogP contribution in [0.4, 0.5) is 0 Å². The molecule has 2 aliphatic carbocycles. The van der Waals surface area contributed by atoms with E-state index in [4.69, 9.17) is 5.21 Å². The van der Waals surface area contributed by atoms with E-state index in [1.54, 1.807) is 23.8 Å². The highest BCUT2D eigenvalue weighted by molar-refractivity contribution is 6.68. The minimum atomic E-state index is -0.744. The van der Waals surface area contributed by atoms with Crippen LogP contribution in [0.2, 0.25) is 0 Å². The number of ketones is 3. The van der Waals surface area contributed by atoms with Crippen LogP contribution in [-0.2, 0) is 14.4 Å². The second kappa shape index (κ2) is 9.16. The highest BCUT2D eigenvalue weighted by atomic mass is 16.5. The molecule has 3 rings (SSSR count). The first-order valence-electron chi connectivity index (χ1n) is 7.84. The average molecular weight is 350 g/mol. The molecule has 1 amide bonds. The molecule has 2 atom stereocenters. The van der Waals surface area contributed by atoms with Crippen LogP contribution in [0.5, 0.6) is 0 Å². The molecule has 1 aromatic rings. The van der Waals surface area contributed by atoms with Crippen LogP contribution in [0.1, 0.15) is 41.6 Å². The summed E-state index contributed by atoms with van der Waals surface area (Å²) in [4.78, 5) is 44.4. The molecule has 25 heavy (non-hydrogen) atoms. The van der Waals surface area contributed by atoms with Gasteiger partial charge in [0.05, 0.1) is 0 Å². The molecule has 0 aromatic heterocycles. The number of hydrazine groups is 1. The van der Waals surface area contributed by atoms with Gasteiger partial charge in [-0.25, -0.2) is 0 Å². The summed E-state index contributed by atoms with van der Waals surface area (Å²) in [5, 5.41) is 8.19. The Bertz CT molecular complexity index is 647. The molecule has 2 saturated carbocycles. The molecule has 5 N–H and O–H groups in total. The molecule has 2 aliphatic rings. The number of fused-ring (bicyclic) bond motifs is 1. The molecule has 0 radical (unpaired) electrons. The van der Waals surface area contributed by atoms with Crippen molar-refractivity contribution in [1.82, 2.24) is 11.0 Å². The molecule has 0 bridgehead atoms. The zero-order valence-electron chi connectivity index (χ0n) is 13.9. The highest BCUT2D eigenvalue weighted by Gasteiger charge is 2.48. The molecule has 8 heteroatoms. The fourth-order valence-corrected chi connectivity index (χ4v) is 3.13. The summed E-state index contributed by atoms with van der Waals surface area (Å²) in [6, 6.07) is 7.07. The number of Topliss-reactive ketones (excluding diaryl/α,β-unsaturated/α-hetero) is 3. The minimum absolute atomic E-state index is 0. The van der Waals surface area contributed by atoms with Crippen molar-refractivity contribution in [1.29, 1.82) is 0 Å². The van der Waals surface area contributed by atoms with E-state index in [1.807, 2.05) is 13.0 Å². The van der Waals surface area contributed by atoms with Crippen LogP contribution in [0.25, 0.3) is 0 Å². The quantitative estimate of drug-likeness (QED) is 0.517. The molecule has 2 unspecified atom stereocenters. The molecule has 0 aliphatic heterocycles. The number of carbonyl (C=O) groups is 4. The van der Waals surface area contributed by atoms with Crippen LogP contribution in [0, 0.1) is 18.8 Å². The lowest BCUT2D eigenvalue weighted by Crippen LogP contribution is -2.34. The number of amides is 1. The molecule has 8 nitrogen and oxygen atoms in total. The second-order valence-corrected chi connectivity index (χ2v) is 5.99. The molecular formula is C17H22N2O6. The first-order chi connectivity index (χ1) is 11.5. The summed E-state index contributed by atoms with van der Waals surface area (Å²) in [7, 11) is 0. The van der Waals surface area contributed by atoms with Crippen molar-refractivity contribution in [3.63, 3.8) is 0 Å². The standard InChI is InChI=1S/C9H10O3.C8H10N2O2.H2O/c10-7-5-3-1-2-4-6(5)8(11)9(7)12;1-6-3-2-4-7(5-6)8(11)9-10-12;/h5-6H,1-4H2;2-5,10,12H,1H3,(H,9,11);1H2. The Hall–Kier alpha value is -2.42. The largest absolute Gasteiger partial charge is 0.412 e. The second-order valence-electron chi connectivity index (χ2n) is 5.99. The molecule has 0 heterocycles. The van der Waals surface area contributed by atoms with E-state index in [1.165, 1.54) is 0 Å². The minimum Gasteiger partial charge on any atom is -0.412 e. The zero-order valence-corrected chi connectivity index (χ0v) is 13.9. The SMILES string of the molecule is Cc1cccc(C(=O)NNO)c1.O.O=C1C(=O)C2CCCCC2C1=O. The Morgan fingerprint density at radius 2 is 1.64 bits per heavy atom. The van der Waals surface area contributed by atoms with Crippen molar-refractivity contribution >= 4 is 23.3 Å². The summed E-state index contributed by atoms with van der Waals surface area (Å²) >= 11 is 0. The van der Waals surface area contributed by atoms with Crippen molar-refractivity contribution < 1.29 is 29.9 Å². The number of hydrogen-bond donors (Lipinski definition) is 3. The Kier molecular flexibility index (Phi) is 7.56. The topological polar surface area (TPSA) is 144 Å². The van der Waals surface area contributed by atoms with Crippen molar-refractivity contribution in [3.8, 4) is 0 Å². The number of hydrogen-bond acceptors (Lipinski definition) is 6. The number of aryl methyl sites for hydroxylation is 1. The van der Waals surface area contributed by atoms with Crippen LogP contribution in [-0.4, -0.2) is 33.9 Å². The number of carbonyl (C=O) groups excluding carboxylic acids is 4. The van der Waals surface area contributed by atoms with Crippen LogP contribution in [0.15, 0.2) is 24.3 Å². The first-order valence-corrected chi connectivity index (χ1v) is 7.84. The first kappa shape index (κ1) is 20.6. The van der Waals surface area contributed by atoms with Gasteiger partial charge in [-0.2, -0.15) is 0 Å². The maximum Gasteiger partial charge on any atom is 0.267 e. The normalized spacial score (nSPS) is 21.6. The summed E-state index contributed by atoms with van der Waals surface area (Å²) in [6.45, 7) is 1.89. The van der Waals surface area contributed by atoms with Crippen molar-refractivity contribution in [2.75, 3.05) is 0 Å². The van der Waals surface area contributed by atoms with Gasteiger partial charge in [-0.15, -0.1) is 5.59 Å². The summed E-state index contributed by atoms with van der Waals surface area (Å²) in [5.41, 5.74) is 5.15. The smallest absolute Gasteiger partial charge is 0.267 e. The van der Waals surface area contributed by atoms with Crippen LogP contribution >= 0.6 is 0 Å². The Morgan fingerprint density at radius 1 is 1.08 bits per heavy atom. The fourth-order valence-electron chi connectivity index (χ4n) is 3.13. The van der Waals surface area contributed by atoms with E-state index < -0.39 is 17.3 Å². The maximum atomic E-state index is 11.2. The third-order valence-electron chi connectivity index (χ3n) is 4.34. The Balaban J connectivity index is 0.000000240. The molecule has 0 saturated heterocycles. The van der Waals surface area contributed by atoms with Gasteiger partial charge in [0.25, 0.3) is 11.7 Å². The van der Waals surface area contributed by atoms with E-state index in [2.05, 4.69) is 5.43 Å². The van der Waals surface area contributed by atoms with Crippen LogP contribution < -0.4 is 11.0 Å². The number of rotatable bonds is 2. The fraction of sp³-hybridized carbons (Fsp3) is 0.412. The van der Waals surface area contributed by atoms with Gasteiger partial charge < -0.3 is 5.48 Å². The third-order valence-corrected chi connectivity index (χ3v) is 4.34. The molecule has 2 fully saturated rings. The average Bonchev–Trinajstić information content (AvgIpc) is 2.81. The van der Waals surface area contributed by atoms with Gasteiger partial charge >= 0.3 is 0 Å². The summed E-state index contributed by atoms with van der Waals surface area (Å²) in [6.07, 6.45) is 3.43. The van der Waals surface area contributed by atoms with Gasteiger partial charge in [-0.05, 0) is 31.9 Å². The zero-order chi connectivity index (χ0) is 17.7. The van der Waals surface area contributed by atoms with Crippen molar-refractivity contribution in [3.05, 3.63) is 35.4 Å². The van der Waals surface area contributed by atoms with Gasteiger partial charge in [0.15, 0.2) is 0 Å². The highest BCUT2D eigenvalue weighted by Crippen LogP contribution is 2.36. The predicted molar refractivity (Wildman–Crippen MR) is 87.7 cm³/mol. The van der Waals surface area contributed by atoms with Gasteiger partial charge in [0.2, 0.25) is 11.6 Å². The van der Waals surface area contributed by atoms with Crippen LogP contribution in [0.3, 0.4) is 0 Å². The molecule has 136 valence electrons. The third kappa shape index (κ3) is 4.79. The lowest BCUT2D eigenvalue weighted by atomic mass is 9.81. The van der Waals surface area contributed by atoms with Gasteiger partial charge in [0, 0.05) is 17.4 Å². The van der Waals surface area contributed by atoms with E-state index in [9.17, 15) is 19.2 Å². The maximum absolute atomic E-state index is 11.2. The predicted octanol–water partition coefficient (Wildman–Crippen LogP) is 0.308.